The van der Waals surface area contributed by atoms with E-state index in [1.54, 1.807) is 0 Å². The van der Waals surface area contributed by atoms with Gasteiger partial charge >= 0.3 is 0 Å². The molecule has 2 heterocycles. The van der Waals surface area contributed by atoms with Crippen LogP contribution in [0.3, 0.4) is 0 Å². The molecular formula is C48H31NO. The predicted molar refractivity (Wildman–Crippen MR) is 210 cm³/mol. The smallest absolute Gasteiger partial charge is 0.136 e. The molecule has 0 saturated carbocycles. The molecule has 2 nitrogen and oxygen atoms in total. The zero-order valence-corrected chi connectivity index (χ0v) is 27.3. The van der Waals surface area contributed by atoms with Crippen LogP contribution in [0, 0.1) is 0 Å². The Hall–Kier alpha value is -6.64. The summed E-state index contributed by atoms with van der Waals surface area (Å²) in [4.78, 5) is 0. The molecule has 0 aliphatic heterocycles. The summed E-state index contributed by atoms with van der Waals surface area (Å²) in [7, 11) is 0. The Balaban J connectivity index is 1.20. The molecule has 0 bridgehead atoms. The summed E-state index contributed by atoms with van der Waals surface area (Å²) < 4.78 is 8.77. The Labute approximate surface area is 290 Å². The molecule has 0 saturated heterocycles. The second-order valence-corrected chi connectivity index (χ2v) is 12.9. The Morgan fingerprint density at radius 1 is 0.300 bits per heavy atom. The van der Waals surface area contributed by atoms with Crippen molar-refractivity contribution < 1.29 is 4.42 Å². The highest BCUT2D eigenvalue weighted by Crippen LogP contribution is 2.42. The molecule has 10 rings (SSSR count). The van der Waals surface area contributed by atoms with Crippen molar-refractivity contribution in [3.63, 3.8) is 0 Å². The first-order valence-corrected chi connectivity index (χ1v) is 17.1. The third kappa shape index (κ3) is 4.57. The van der Waals surface area contributed by atoms with Gasteiger partial charge in [-0.3, -0.25) is 0 Å². The molecule has 0 atom stereocenters. The normalized spacial score (nSPS) is 11.6. The summed E-state index contributed by atoms with van der Waals surface area (Å²) >= 11 is 0. The van der Waals surface area contributed by atoms with Crippen LogP contribution in [0.15, 0.2) is 192 Å². The van der Waals surface area contributed by atoms with E-state index in [0.29, 0.717) is 0 Å². The summed E-state index contributed by atoms with van der Waals surface area (Å²) in [5, 5.41) is 4.75. The SMILES string of the molecule is c1ccc(-c2ccc3c(c2)c2cc(-c4ccccc4)ccc2n3-c2ccccc2-c2ccccc2-c2ccc3c(c2)oc2ccccc23)cc1. The quantitative estimate of drug-likeness (QED) is 0.184. The molecule has 50 heavy (non-hydrogen) atoms. The highest BCUT2D eigenvalue weighted by Gasteiger charge is 2.19. The first kappa shape index (κ1) is 28.4. The van der Waals surface area contributed by atoms with Gasteiger partial charge in [0.05, 0.1) is 16.7 Å². The van der Waals surface area contributed by atoms with Crippen molar-refractivity contribution in [1.29, 1.82) is 0 Å². The lowest BCUT2D eigenvalue weighted by Crippen LogP contribution is -1.98. The minimum Gasteiger partial charge on any atom is -0.456 e. The molecule has 8 aromatic carbocycles. The molecule has 0 aliphatic rings. The lowest BCUT2D eigenvalue weighted by atomic mass is 9.93. The maximum Gasteiger partial charge on any atom is 0.136 e. The molecular weight excluding hydrogens is 607 g/mol. The average molecular weight is 638 g/mol. The van der Waals surface area contributed by atoms with Crippen molar-refractivity contribution in [2.75, 3.05) is 0 Å². The van der Waals surface area contributed by atoms with Gasteiger partial charge in [0.1, 0.15) is 11.2 Å². The van der Waals surface area contributed by atoms with Crippen LogP contribution in [0.2, 0.25) is 0 Å². The highest BCUT2D eigenvalue weighted by atomic mass is 16.3. The average Bonchev–Trinajstić information content (AvgIpc) is 3.73. The molecule has 10 aromatic rings. The molecule has 2 heteroatoms. The van der Waals surface area contributed by atoms with Crippen LogP contribution in [-0.4, -0.2) is 4.57 Å². The first-order valence-electron chi connectivity index (χ1n) is 17.1. The minimum atomic E-state index is 0.901. The predicted octanol–water partition coefficient (Wildman–Crippen LogP) is 13.4. The van der Waals surface area contributed by atoms with Gasteiger partial charge in [-0.2, -0.15) is 0 Å². The van der Waals surface area contributed by atoms with Gasteiger partial charge in [0.15, 0.2) is 0 Å². The fourth-order valence-corrected chi connectivity index (χ4v) is 7.66. The van der Waals surface area contributed by atoms with Gasteiger partial charge in [-0.1, -0.05) is 140 Å². The van der Waals surface area contributed by atoms with Crippen LogP contribution in [0.25, 0.3) is 93.9 Å². The molecule has 0 unspecified atom stereocenters. The number of nitrogens with zero attached hydrogens (tertiary/aromatic N) is 1. The molecule has 234 valence electrons. The van der Waals surface area contributed by atoms with Gasteiger partial charge < -0.3 is 8.98 Å². The van der Waals surface area contributed by atoms with E-state index in [9.17, 15) is 0 Å². The summed E-state index contributed by atoms with van der Waals surface area (Å²) in [5.74, 6) is 0. The fraction of sp³-hybridized carbons (Fsp3) is 0. The maximum absolute atomic E-state index is 6.32. The number of benzene rings is 8. The van der Waals surface area contributed by atoms with Gasteiger partial charge in [0.2, 0.25) is 0 Å². The Bertz CT molecular complexity index is 2760. The van der Waals surface area contributed by atoms with Crippen LogP contribution in [0.4, 0.5) is 0 Å². The summed E-state index contributed by atoms with van der Waals surface area (Å²) in [6.45, 7) is 0. The topological polar surface area (TPSA) is 18.1 Å². The van der Waals surface area contributed by atoms with E-state index in [-0.39, 0.29) is 0 Å². The van der Waals surface area contributed by atoms with E-state index in [2.05, 4.69) is 180 Å². The number of aromatic nitrogens is 1. The van der Waals surface area contributed by atoms with Crippen LogP contribution in [0.5, 0.6) is 0 Å². The van der Waals surface area contributed by atoms with E-state index in [0.717, 1.165) is 33.2 Å². The largest absolute Gasteiger partial charge is 0.456 e. The third-order valence-corrected chi connectivity index (χ3v) is 10.0. The molecule has 2 aromatic heterocycles. The number of fused-ring (bicyclic) bond motifs is 6. The lowest BCUT2D eigenvalue weighted by molar-refractivity contribution is 0.669. The van der Waals surface area contributed by atoms with Crippen LogP contribution >= 0.6 is 0 Å². The Morgan fingerprint density at radius 3 is 1.50 bits per heavy atom. The number of hydrogen-bond donors (Lipinski definition) is 0. The fourth-order valence-electron chi connectivity index (χ4n) is 7.66. The van der Waals surface area contributed by atoms with E-state index >= 15 is 0 Å². The van der Waals surface area contributed by atoms with Crippen molar-refractivity contribution in [1.82, 2.24) is 4.57 Å². The summed E-state index contributed by atoms with van der Waals surface area (Å²) in [6.07, 6.45) is 0. The Kier molecular flexibility index (Phi) is 6.53. The number of furan rings is 1. The molecule has 0 amide bonds. The zero-order valence-electron chi connectivity index (χ0n) is 27.3. The van der Waals surface area contributed by atoms with Crippen LogP contribution < -0.4 is 0 Å². The highest BCUT2D eigenvalue weighted by molar-refractivity contribution is 6.12. The van der Waals surface area contributed by atoms with E-state index in [4.69, 9.17) is 4.42 Å². The van der Waals surface area contributed by atoms with Gasteiger partial charge in [-0.05, 0) is 87.5 Å². The number of para-hydroxylation sites is 2. The standard InChI is InChI=1S/C48H31NO/c1-3-13-32(14-4-1)34-24-27-45-42(29-34)43-30-35(33-15-5-2-6-16-33)25-28-46(43)49(45)44-21-11-9-19-39(44)38-18-8-7-17-37(38)36-23-26-41-40-20-10-12-22-47(40)50-48(41)31-36/h1-31H. The number of hydrogen-bond acceptors (Lipinski definition) is 1. The van der Waals surface area contributed by atoms with Crippen LogP contribution in [0.1, 0.15) is 0 Å². The summed E-state index contributed by atoms with van der Waals surface area (Å²) in [5.41, 5.74) is 14.8. The molecule has 0 fully saturated rings. The molecule has 0 radical (unpaired) electrons. The second kappa shape index (κ2) is 11.5. The molecule has 0 N–H and O–H groups in total. The van der Waals surface area contributed by atoms with Crippen molar-refractivity contribution in [2.45, 2.75) is 0 Å². The maximum atomic E-state index is 6.32. The second-order valence-electron chi connectivity index (χ2n) is 12.9. The van der Waals surface area contributed by atoms with Crippen molar-refractivity contribution in [2.24, 2.45) is 0 Å². The van der Waals surface area contributed by atoms with E-state index in [1.807, 2.05) is 12.1 Å². The van der Waals surface area contributed by atoms with Gasteiger partial charge in [-0.15, -0.1) is 0 Å². The van der Waals surface area contributed by atoms with Gasteiger partial charge in [0, 0.05) is 27.1 Å². The van der Waals surface area contributed by atoms with Crippen molar-refractivity contribution in [3.8, 4) is 50.2 Å². The van der Waals surface area contributed by atoms with E-state index in [1.165, 1.54) is 60.8 Å². The molecule has 0 spiro atoms. The van der Waals surface area contributed by atoms with E-state index < -0.39 is 0 Å². The third-order valence-electron chi connectivity index (χ3n) is 10.0. The van der Waals surface area contributed by atoms with Crippen molar-refractivity contribution in [3.05, 3.63) is 188 Å². The summed E-state index contributed by atoms with van der Waals surface area (Å²) in [6, 6.07) is 67.5. The minimum absolute atomic E-state index is 0.901. The monoisotopic (exact) mass is 637 g/mol. The van der Waals surface area contributed by atoms with Crippen LogP contribution in [-0.2, 0) is 0 Å². The number of rotatable bonds is 5. The lowest BCUT2D eigenvalue weighted by Gasteiger charge is -2.17. The van der Waals surface area contributed by atoms with Gasteiger partial charge in [-0.25, -0.2) is 0 Å². The van der Waals surface area contributed by atoms with Gasteiger partial charge in [0.25, 0.3) is 0 Å². The van der Waals surface area contributed by atoms with Crippen molar-refractivity contribution >= 4 is 43.7 Å². The molecule has 0 aliphatic carbocycles. The first-order chi connectivity index (χ1) is 24.8. The zero-order chi connectivity index (χ0) is 33.0. The Morgan fingerprint density at radius 2 is 0.820 bits per heavy atom.